The fourth-order valence-corrected chi connectivity index (χ4v) is 1.66. The maximum absolute atomic E-state index is 10.5. The molecule has 0 fully saturated rings. The summed E-state index contributed by atoms with van der Waals surface area (Å²) in [6.07, 6.45) is -0.887. The van der Waals surface area contributed by atoms with E-state index in [1.165, 1.54) is 18.3 Å². The van der Waals surface area contributed by atoms with E-state index in [0.717, 1.165) is 0 Å². The molecule has 0 saturated carbocycles. The molecule has 0 radical (unpaired) electrons. The zero-order valence-corrected chi connectivity index (χ0v) is 7.41. The molecule has 0 aliphatic rings. The third-order valence-electron chi connectivity index (χ3n) is 1.70. The first kappa shape index (κ1) is 9.22. The molecule has 0 aromatic carbocycles. The second-order valence-corrected chi connectivity index (χ2v) is 3.57. The molecule has 0 aliphatic heterocycles. The lowest BCUT2D eigenvalue weighted by molar-refractivity contribution is -0.144. The third-order valence-corrected chi connectivity index (χ3v) is 2.64. The number of aliphatic hydroxyl groups is 1. The molecule has 3 nitrogen and oxygen atoms in total. The molecule has 2 N–H and O–H groups in total. The van der Waals surface area contributed by atoms with E-state index in [1.54, 1.807) is 12.1 Å². The molecule has 0 amide bonds. The fraction of sp³-hybridized carbons (Fsp3) is 0.375. The van der Waals surface area contributed by atoms with Gasteiger partial charge in [0.15, 0.2) is 0 Å². The Labute approximate surface area is 74.3 Å². The van der Waals surface area contributed by atoms with E-state index in [4.69, 9.17) is 5.11 Å². The Morgan fingerprint density at radius 3 is 2.75 bits per heavy atom. The van der Waals surface area contributed by atoms with Crippen LogP contribution in [0.15, 0.2) is 17.5 Å². The first-order valence-electron chi connectivity index (χ1n) is 3.57. The molecule has 0 saturated heterocycles. The molecule has 1 heterocycles. The molecule has 0 spiro atoms. The van der Waals surface area contributed by atoms with Crippen molar-refractivity contribution >= 4 is 17.3 Å². The van der Waals surface area contributed by atoms with E-state index in [0.29, 0.717) is 4.88 Å². The second-order valence-electron chi connectivity index (χ2n) is 2.59. The Bertz CT molecular complexity index is 255. The molecule has 0 bridgehead atoms. The number of carboxylic acid groups (broad SMARTS) is 1. The number of rotatable bonds is 3. The van der Waals surface area contributed by atoms with Crippen molar-refractivity contribution in [2.24, 2.45) is 5.92 Å². The summed E-state index contributed by atoms with van der Waals surface area (Å²) in [5.74, 6) is -1.72. The Hall–Kier alpha value is -0.870. The number of thiophene rings is 1. The van der Waals surface area contributed by atoms with Gasteiger partial charge in [-0.05, 0) is 18.4 Å². The van der Waals surface area contributed by atoms with Crippen LogP contribution in [0.3, 0.4) is 0 Å². The zero-order chi connectivity index (χ0) is 9.14. The zero-order valence-electron chi connectivity index (χ0n) is 6.60. The highest BCUT2D eigenvalue weighted by Crippen LogP contribution is 2.25. The lowest BCUT2D eigenvalue weighted by atomic mass is 10.0. The first-order valence-corrected chi connectivity index (χ1v) is 4.45. The maximum Gasteiger partial charge on any atom is 0.309 e. The number of aliphatic carboxylic acids is 1. The molecule has 0 aliphatic carbocycles. The summed E-state index contributed by atoms with van der Waals surface area (Å²) < 4.78 is 0. The normalized spacial score (nSPS) is 15.5. The van der Waals surface area contributed by atoms with Gasteiger partial charge >= 0.3 is 5.97 Å². The van der Waals surface area contributed by atoms with Gasteiger partial charge in [0.2, 0.25) is 0 Å². The summed E-state index contributed by atoms with van der Waals surface area (Å²) in [5, 5.41) is 19.9. The van der Waals surface area contributed by atoms with Gasteiger partial charge in [-0.15, -0.1) is 11.3 Å². The topological polar surface area (TPSA) is 57.5 Å². The summed E-state index contributed by atoms with van der Waals surface area (Å²) in [5.41, 5.74) is 0. The van der Waals surface area contributed by atoms with Crippen LogP contribution in [0.1, 0.15) is 17.9 Å². The Balaban J connectivity index is 2.71. The van der Waals surface area contributed by atoms with Crippen LogP contribution in [0.4, 0.5) is 0 Å². The van der Waals surface area contributed by atoms with Gasteiger partial charge in [-0.1, -0.05) is 6.07 Å². The van der Waals surface area contributed by atoms with Crippen molar-refractivity contribution in [3.05, 3.63) is 22.4 Å². The summed E-state index contributed by atoms with van der Waals surface area (Å²) >= 11 is 1.36. The van der Waals surface area contributed by atoms with Crippen molar-refractivity contribution < 1.29 is 15.0 Å². The van der Waals surface area contributed by atoms with Crippen LogP contribution in [0, 0.1) is 5.92 Å². The number of aliphatic hydroxyl groups excluding tert-OH is 1. The van der Waals surface area contributed by atoms with E-state index in [-0.39, 0.29) is 0 Å². The number of carbonyl (C=O) groups is 1. The molecule has 4 heteroatoms. The van der Waals surface area contributed by atoms with Crippen LogP contribution >= 0.6 is 11.3 Å². The summed E-state index contributed by atoms with van der Waals surface area (Å²) in [6.45, 7) is 1.49. The fourth-order valence-electron chi connectivity index (χ4n) is 0.841. The average molecular weight is 186 g/mol. The molecular weight excluding hydrogens is 176 g/mol. The van der Waals surface area contributed by atoms with E-state index < -0.39 is 18.0 Å². The highest BCUT2D eigenvalue weighted by atomic mass is 32.1. The molecule has 12 heavy (non-hydrogen) atoms. The molecule has 1 rings (SSSR count). The van der Waals surface area contributed by atoms with Crippen LogP contribution in [-0.4, -0.2) is 16.2 Å². The lowest BCUT2D eigenvalue weighted by Gasteiger charge is -2.12. The second kappa shape index (κ2) is 3.69. The molecule has 1 unspecified atom stereocenters. The molecular formula is C8H10O3S. The average Bonchev–Trinajstić information content (AvgIpc) is 2.53. The number of hydrogen-bond acceptors (Lipinski definition) is 3. The van der Waals surface area contributed by atoms with Crippen molar-refractivity contribution in [2.45, 2.75) is 13.0 Å². The standard InChI is InChI=1S/C8H10O3S/c1-5(8(10)11)7(9)6-3-2-4-12-6/h2-5,7,9H,1H3,(H,10,11)/t5?,7-/m1/s1. The monoisotopic (exact) mass is 186 g/mol. The van der Waals surface area contributed by atoms with Crippen molar-refractivity contribution in [1.29, 1.82) is 0 Å². The number of carboxylic acids is 1. The molecule has 66 valence electrons. The largest absolute Gasteiger partial charge is 0.481 e. The Morgan fingerprint density at radius 2 is 2.33 bits per heavy atom. The van der Waals surface area contributed by atoms with Crippen LogP contribution in [0.5, 0.6) is 0 Å². The van der Waals surface area contributed by atoms with Gasteiger partial charge in [0.25, 0.3) is 0 Å². The summed E-state index contributed by atoms with van der Waals surface area (Å²) in [4.78, 5) is 11.2. The molecule has 1 aromatic heterocycles. The van der Waals surface area contributed by atoms with Crippen LogP contribution in [-0.2, 0) is 4.79 Å². The van der Waals surface area contributed by atoms with E-state index in [2.05, 4.69) is 0 Å². The van der Waals surface area contributed by atoms with Crippen LogP contribution < -0.4 is 0 Å². The highest BCUT2D eigenvalue weighted by molar-refractivity contribution is 7.10. The Kier molecular flexibility index (Phi) is 2.83. The van der Waals surface area contributed by atoms with E-state index >= 15 is 0 Å². The van der Waals surface area contributed by atoms with Gasteiger partial charge in [-0.2, -0.15) is 0 Å². The minimum Gasteiger partial charge on any atom is -0.481 e. The minimum atomic E-state index is -0.976. The summed E-state index contributed by atoms with van der Waals surface area (Å²) in [7, 11) is 0. The van der Waals surface area contributed by atoms with Crippen molar-refractivity contribution in [1.82, 2.24) is 0 Å². The first-order chi connectivity index (χ1) is 5.63. The smallest absolute Gasteiger partial charge is 0.309 e. The van der Waals surface area contributed by atoms with Gasteiger partial charge in [0.05, 0.1) is 5.92 Å². The van der Waals surface area contributed by atoms with Crippen LogP contribution in [0.2, 0.25) is 0 Å². The van der Waals surface area contributed by atoms with Gasteiger partial charge in [-0.25, -0.2) is 0 Å². The quantitative estimate of drug-likeness (QED) is 0.752. The maximum atomic E-state index is 10.5. The van der Waals surface area contributed by atoms with Crippen LogP contribution in [0.25, 0.3) is 0 Å². The van der Waals surface area contributed by atoms with Gasteiger partial charge in [-0.3, -0.25) is 4.79 Å². The van der Waals surface area contributed by atoms with Crippen molar-refractivity contribution in [3.63, 3.8) is 0 Å². The van der Waals surface area contributed by atoms with E-state index in [9.17, 15) is 9.90 Å². The number of hydrogen-bond donors (Lipinski definition) is 2. The van der Waals surface area contributed by atoms with Crippen molar-refractivity contribution in [3.8, 4) is 0 Å². The lowest BCUT2D eigenvalue weighted by Crippen LogP contribution is -2.17. The van der Waals surface area contributed by atoms with Gasteiger partial charge in [0.1, 0.15) is 6.10 Å². The van der Waals surface area contributed by atoms with E-state index in [1.807, 2.05) is 5.38 Å². The predicted octanol–water partition coefficient (Wildman–Crippen LogP) is 1.50. The van der Waals surface area contributed by atoms with Crippen molar-refractivity contribution in [2.75, 3.05) is 0 Å². The molecule has 2 atom stereocenters. The SMILES string of the molecule is CC(C(=O)O)[C@@H](O)c1cccs1. The van der Waals surface area contributed by atoms with Gasteiger partial charge < -0.3 is 10.2 Å². The third kappa shape index (κ3) is 1.84. The Morgan fingerprint density at radius 1 is 1.67 bits per heavy atom. The highest BCUT2D eigenvalue weighted by Gasteiger charge is 2.23. The summed E-state index contributed by atoms with van der Waals surface area (Å²) in [6, 6.07) is 3.52. The molecule has 1 aromatic rings. The minimum absolute atomic E-state index is 0.699. The van der Waals surface area contributed by atoms with Gasteiger partial charge in [0, 0.05) is 4.88 Å². The predicted molar refractivity (Wildman–Crippen MR) is 46.1 cm³/mol.